The first-order chi connectivity index (χ1) is 16.9. The Morgan fingerprint density at radius 1 is 1.29 bits per heavy atom. The van der Waals surface area contributed by atoms with Crippen molar-refractivity contribution < 1.29 is 19.4 Å². The molecular weight excluding hydrogens is 444 g/mol. The average Bonchev–Trinajstić information content (AvgIpc) is 3.40. The molecule has 1 aliphatic carbocycles. The van der Waals surface area contributed by atoms with Gasteiger partial charge in [-0.3, -0.25) is 14.3 Å². The van der Waals surface area contributed by atoms with Gasteiger partial charge < -0.3 is 15.2 Å². The Morgan fingerprint density at radius 3 is 2.89 bits per heavy atom. The smallest absolute Gasteiger partial charge is 0.303 e. The minimum absolute atomic E-state index is 0.0505. The Kier molecular flexibility index (Phi) is 5.77. The molecule has 2 aromatic carbocycles. The minimum atomic E-state index is -0.854. The molecule has 8 nitrogen and oxygen atoms in total. The van der Waals surface area contributed by atoms with Crippen LogP contribution in [0.15, 0.2) is 48.7 Å². The maximum absolute atomic E-state index is 13.4. The number of aromatic nitrogens is 2. The predicted octanol–water partition coefficient (Wildman–Crippen LogP) is 4.04. The van der Waals surface area contributed by atoms with E-state index in [4.69, 9.17) is 9.84 Å². The van der Waals surface area contributed by atoms with Gasteiger partial charge in [0.05, 0.1) is 23.9 Å². The van der Waals surface area contributed by atoms with E-state index in [1.807, 2.05) is 29.9 Å². The quantitative estimate of drug-likeness (QED) is 0.538. The Balaban J connectivity index is 1.39. The number of carbonyl (C=O) groups is 2. The maximum atomic E-state index is 13.4. The molecule has 1 amide bonds. The molecule has 1 aliphatic heterocycles. The van der Waals surface area contributed by atoms with Crippen LogP contribution < -0.4 is 10.1 Å². The Morgan fingerprint density at radius 2 is 2.14 bits per heavy atom. The molecule has 178 valence electrons. The van der Waals surface area contributed by atoms with E-state index in [1.54, 1.807) is 24.4 Å². The third-order valence-electron chi connectivity index (χ3n) is 7.16. The number of nitriles is 1. The zero-order valence-corrected chi connectivity index (χ0v) is 19.5. The molecule has 2 heterocycles. The molecule has 0 saturated heterocycles. The normalized spacial score (nSPS) is 19.9. The average molecular weight is 471 g/mol. The molecule has 2 aliphatic rings. The van der Waals surface area contributed by atoms with Gasteiger partial charge in [0.15, 0.2) is 0 Å². The van der Waals surface area contributed by atoms with Crippen molar-refractivity contribution in [3.8, 4) is 23.1 Å². The number of carbonyl (C=O) groups excluding carboxylic acids is 1. The first kappa shape index (κ1) is 22.7. The van der Waals surface area contributed by atoms with E-state index >= 15 is 0 Å². The third-order valence-corrected chi connectivity index (χ3v) is 7.16. The minimum Gasteiger partial charge on any atom is -0.493 e. The van der Waals surface area contributed by atoms with Crippen molar-refractivity contribution in [1.82, 2.24) is 9.78 Å². The van der Waals surface area contributed by atoms with Crippen molar-refractivity contribution in [2.24, 2.45) is 13.0 Å². The first-order valence-corrected chi connectivity index (χ1v) is 11.7. The van der Waals surface area contributed by atoms with Crippen molar-refractivity contribution in [3.05, 3.63) is 65.4 Å². The summed E-state index contributed by atoms with van der Waals surface area (Å²) in [7, 11) is 1.90. The van der Waals surface area contributed by atoms with Gasteiger partial charge in [-0.05, 0) is 67.6 Å². The summed E-state index contributed by atoms with van der Waals surface area (Å²) in [4.78, 5) is 24.3. The molecule has 8 heteroatoms. The Bertz CT molecular complexity index is 1360. The summed E-state index contributed by atoms with van der Waals surface area (Å²) >= 11 is 0. The van der Waals surface area contributed by atoms with Crippen LogP contribution in [-0.4, -0.2) is 33.4 Å². The molecule has 1 fully saturated rings. The lowest BCUT2D eigenvalue weighted by Crippen LogP contribution is -2.27. The molecule has 35 heavy (non-hydrogen) atoms. The molecule has 0 bridgehead atoms. The van der Waals surface area contributed by atoms with Crippen molar-refractivity contribution in [2.75, 3.05) is 11.9 Å². The molecule has 1 aromatic heterocycles. The molecule has 3 aromatic rings. The fraction of sp³-hybridized carbons (Fsp3) is 0.333. The van der Waals surface area contributed by atoms with Crippen molar-refractivity contribution in [3.63, 3.8) is 0 Å². The lowest BCUT2D eigenvalue weighted by Gasteiger charge is -2.27. The standard InChI is InChI=1S/C27H26N4O4/c1-31-23(9-11-29-31)19-7-8-24-20(14-19)27(10-12-35-24)15-21(27)26(34)30-22-13-17(16-28)5-6-18(22)3-2-4-25(32)33/h5-9,11,13-14,21H,2-4,10,12,15H2,1H3,(H,30,34)(H,32,33)/t21-,27-/m0/s1. The maximum Gasteiger partial charge on any atom is 0.303 e. The molecule has 2 atom stereocenters. The largest absolute Gasteiger partial charge is 0.493 e. The Labute approximate surface area is 203 Å². The number of aliphatic carboxylic acids is 1. The van der Waals surface area contributed by atoms with Crippen LogP contribution in [0.25, 0.3) is 11.3 Å². The van der Waals surface area contributed by atoms with Crippen molar-refractivity contribution in [1.29, 1.82) is 5.26 Å². The van der Waals surface area contributed by atoms with Gasteiger partial charge in [0.25, 0.3) is 0 Å². The summed E-state index contributed by atoms with van der Waals surface area (Å²) < 4.78 is 7.75. The number of anilines is 1. The van der Waals surface area contributed by atoms with Crippen molar-refractivity contribution >= 4 is 17.6 Å². The predicted molar refractivity (Wildman–Crippen MR) is 129 cm³/mol. The summed E-state index contributed by atoms with van der Waals surface area (Å²) in [6.45, 7) is 0.562. The summed E-state index contributed by atoms with van der Waals surface area (Å²) in [5.41, 5.74) is 4.66. The van der Waals surface area contributed by atoms with E-state index in [2.05, 4.69) is 22.6 Å². The Hall–Kier alpha value is -4.12. The highest BCUT2D eigenvalue weighted by atomic mass is 16.5. The van der Waals surface area contributed by atoms with E-state index in [9.17, 15) is 14.9 Å². The van der Waals surface area contributed by atoms with Gasteiger partial charge in [-0.15, -0.1) is 0 Å². The van der Waals surface area contributed by atoms with Crippen LogP contribution in [0.4, 0.5) is 5.69 Å². The molecule has 1 spiro atoms. The lowest BCUT2D eigenvalue weighted by molar-refractivity contribution is -0.137. The monoisotopic (exact) mass is 470 g/mol. The van der Waals surface area contributed by atoms with E-state index < -0.39 is 5.97 Å². The second kappa shape index (κ2) is 8.91. The number of nitrogens with one attached hydrogen (secondary N) is 1. The number of carboxylic acids is 1. The van der Waals surface area contributed by atoms with Crippen molar-refractivity contribution in [2.45, 2.75) is 37.5 Å². The lowest BCUT2D eigenvalue weighted by atomic mass is 9.86. The highest BCUT2D eigenvalue weighted by Gasteiger charge is 2.61. The van der Waals surface area contributed by atoms with Crippen LogP contribution in [-0.2, 0) is 28.5 Å². The summed E-state index contributed by atoms with van der Waals surface area (Å²) in [6, 6.07) is 15.3. The highest BCUT2D eigenvalue weighted by Crippen LogP contribution is 2.61. The number of fused-ring (bicyclic) bond motifs is 2. The summed E-state index contributed by atoms with van der Waals surface area (Å²) in [5.74, 6) is -0.325. The van der Waals surface area contributed by atoms with Gasteiger partial charge in [0, 0.05) is 47.8 Å². The molecular formula is C27H26N4O4. The topological polar surface area (TPSA) is 117 Å². The van der Waals surface area contributed by atoms with Crippen LogP contribution in [0.3, 0.4) is 0 Å². The molecule has 1 saturated carbocycles. The number of rotatable bonds is 7. The van der Waals surface area contributed by atoms with E-state index in [0.717, 1.165) is 41.0 Å². The van der Waals surface area contributed by atoms with Crippen LogP contribution in [0.2, 0.25) is 0 Å². The van der Waals surface area contributed by atoms with Gasteiger partial charge in [0.1, 0.15) is 5.75 Å². The number of nitrogens with zero attached hydrogens (tertiary/aromatic N) is 3. The number of benzene rings is 2. The first-order valence-electron chi connectivity index (χ1n) is 11.7. The highest BCUT2D eigenvalue weighted by molar-refractivity contribution is 5.97. The number of hydrogen-bond acceptors (Lipinski definition) is 5. The fourth-order valence-corrected chi connectivity index (χ4v) is 5.19. The molecule has 5 rings (SSSR count). The number of ether oxygens (including phenoxy) is 1. The molecule has 0 unspecified atom stereocenters. The summed E-state index contributed by atoms with van der Waals surface area (Å²) in [5, 5.41) is 25.6. The summed E-state index contributed by atoms with van der Waals surface area (Å²) in [6.07, 6.45) is 4.27. The van der Waals surface area contributed by atoms with Crippen LogP contribution in [0.5, 0.6) is 5.75 Å². The zero-order chi connectivity index (χ0) is 24.6. The van der Waals surface area contributed by atoms with Crippen LogP contribution in [0.1, 0.15) is 42.4 Å². The second-order valence-corrected chi connectivity index (χ2v) is 9.28. The SMILES string of the molecule is Cn1nccc1-c1ccc2c(c1)[C@]1(CCO2)C[C@H]1C(=O)Nc1cc(C#N)ccc1CCCC(=O)O. The second-order valence-electron chi connectivity index (χ2n) is 9.28. The molecule has 0 radical (unpaired) electrons. The third kappa shape index (κ3) is 4.26. The fourth-order valence-electron chi connectivity index (χ4n) is 5.19. The van der Waals surface area contributed by atoms with Gasteiger partial charge in [-0.1, -0.05) is 6.07 Å². The van der Waals surface area contributed by atoms with E-state index in [0.29, 0.717) is 30.7 Å². The number of hydrogen-bond donors (Lipinski definition) is 2. The van der Waals surface area contributed by atoms with Gasteiger partial charge in [0.2, 0.25) is 5.91 Å². The van der Waals surface area contributed by atoms with Gasteiger partial charge >= 0.3 is 5.97 Å². The van der Waals surface area contributed by atoms with Gasteiger partial charge in [-0.2, -0.15) is 10.4 Å². The number of aryl methyl sites for hydroxylation is 2. The molecule has 2 N–H and O–H groups in total. The number of amides is 1. The zero-order valence-electron chi connectivity index (χ0n) is 19.5. The van der Waals surface area contributed by atoms with E-state index in [-0.39, 0.29) is 23.7 Å². The van der Waals surface area contributed by atoms with E-state index in [1.165, 1.54) is 0 Å². The number of carboxylic acid groups (broad SMARTS) is 1. The van der Waals surface area contributed by atoms with Crippen LogP contribution >= 0.6 is 0 Å². The van der Waals surface area contributed by atoms with Gasteiger partial charge in [-0.25, -0.2) is 0 Å². The van der Waals surface area contributed by atoms with Crippen LogP contribution in [0, 0.1) is 17.2 Å².